The average molecular weight is 443 g/mol. The molecule has 3 aromatic carbocycles. The molecule has 32 heavy (non-hydrogen) atoms. The van der Waals surface area contributed by atoms with Crippen molar-refractivity contribution in [2.75, 3.05) is 6.61 Å². The van der Waals surface area contributed by atoms with Crippen molar-refractivity contribution in [1.82, 2.24) is 10.3 Å². The van der Waals surface area contributed by atoms with Crippen molar-refractivity contribution in [3.05, 3.63) is 101 Å². The number of amides is 1. The quantitative estimate of drug-likeness (QED) is 0.659. The van der Waals surface area contributed by atoms with Gasteiger partial charge in [0, 0.05) is 11.0 Å². The number of para-hydroxylation sites is 1. The van der Waals surface area contributed by atoms with Crippen LogP contribution in [-0.4, -0.2) is 22.7 Å². The third-order valence-electron chi connectivity index (χ3n) is 5.22. The van der Waals surface area contributed by atoms with Crippen LogP contribution in [0.25, 0.3) is 5.70 Å². The van der Waals surface area contributed by atoms with Crippen LogP contribution in [-0.2, 0) is 10.5 Å². The number of benzene rings is 3. The maximum Gasteiger partial charge on any atom is 0.276 e. The fourth-order valence-electron chi connectivity index (χ4n) is 3.74. The Balaban J connectivity index is 1.54. The van der Waals surface area contributed by atoms with Crippen LogP contribution >= 0.6 is 11.8 Å². The zero-order chi connectivity index (χ0) is 21.9. The van der Waals surface area contributed by atoms with E-state index in [0.717, 1.165) is 21.9 Å². The van der Waals surface area contributed by atoms with E-state index in [4.69, 9.17) is 14.8 Å². The van der Waals surface area contributed by atoms with Gasteiger partial charge in [0.2, 0.25) is 0 Å². The fourth-order valence-corrected chi connectivity index (χ4v) is 4.54. The molecule has 0 radical (unpaired) electrons. The van der Waals surface area contributed by atoms with Gasteiger partial charge in [-0.25, -0.2) is 5.01 Å². The van der Waals surface area contributed by atoms with Crippen molar-refractivity contribution >= 4 is 28.5 Å². The van der Waals surface area contributed by atoms with Crippen molar-refractivity contribution in [2.45, 2.75) is 18.8 Å². The van der Waals surface area contributed by atoms with Crippen molar-refractivity contribution in [2.24, 2.45) is 10.1 Å². The molecule has 2 aliphatic rings. The lowest BCUT2D eigenvalue weighted by Gasteiger charge is -2.34. The maximum atomic E-state index is 13.2. The molecule has 0 saturated heterocycles. The highest BCUT2D eigenvalue weighted by molar-refractivity contribution is 8.13. The Labute approximate surface area is 190 Å². The summed E-state index contributed by atoms with van der Waals surface area (Å²) in [6.07, 6.45) is -0.436. The van der Waals surface area contributed by atoms with Gasteiger partial charge in [-0.3, -0.25) is 15.1 Å². The molecular formula is C25H22N4O2S. The number of ether oxygens (including phenoxy) is 1. The number of thioether (sulfide) groups is 1. The van der Waals surface area contributed by atoms with E-state index in [1.807, 2.05) is 73.7 Å². The maximum absolute atomic E-state index is 13.2. The van der Waals surface area contributed by atoms with Gasteiger partial charge in [0.1, 0.15) is 11.4 Å². The first-order chi connectivity index (χ1) is 15.7. The molecule has 1 unspecified atom stereocenters. The van der Waals surface area contributed by atoms with Crippen LogP contribution in [0.15, 0.2) is 89.0 Å². The second-order valence-electron chi connectivity index (χ2n) is 7.35. The van der Waals surface area contributed by atoms with Gasteiger partial charge >= 0.3 is 0 Å². The van der Waals surface area contributed by atoms with E-state index < -0.39 is 6.17 Å². The molecule has 160 valence electrons. The number of nitrogens with zero attached hydrogens (tertiary/aromatic N) is 3. The van der Waals surface area contributed by atoms with Gasteiger partial charge in [0.15, 0.2) is 11.3 Å². The second kappa shape index (κ2) is 8.88. The van der Waals surface area contributed by atoms with Crippen LogP contribution < -0.4 is 20.6 Å². The number of carbonyl (C=O) groups excluding carboxylic acids is 1. The van der Waals surface area contributed by atoms with Crippen LogP contribution in [0.2, 0.25) is 0 Å². The first kappa shape index (κ1) is 20.3. The molecule has 6 nitrogen and oxygen atoms in total. The Morgan fingerprint density at radius 1 is 1.00 bits per heavy atom. The van der Waals surface area contributed by atoms with Gasteiger partial charge < -0.3 is 4.74 Å². The van der Waals surface area contributed by atoms with E-state index in [0.29, 0.717) is 23.2 Å². The van der Waals surface area contributed by atoms with E-state index in [1.54, 1.807) is 5.01 Å². The minimum atomic E-state index is -0.436. The normalized spacial score (nSPS) is 17.0. The summed E-state index contributed by atoms with van der Waals surface area (Å²) >= 11 is 1.50. The number of amidine groups is 1. The van der Waals surface area contributed by atoms with Crippen LogP contribution in [0.5, 0.6) is 5.75 Å². The van der Waals surface area contributed by atoms with Gasteiger partial charge in [-0.1, -0.05) is 72.4 Å². The van der Waals surface area contributed by atoms with Gasteiger partial charge in [0.05, 0.1) is 12.0 Å². The van der Waals surface area contributed by atoms with Crippen LogP contribution in [0, 0.1) is 0 Å². The largest absolute Gasteiger partial charge is 0.494 e. The van der Waals surface area contributed by atoms with Crippen LogP contribution in [0.3, 0.4) is 0 Å². The molecule has 3 aromatic rings. The van der Waals surface area contributed by atoms with E-state index in [1.165, 1.54) is 17.3 Å². The third-order valence-corrected chi connectivity index (χ3v) is 6.16. The molecule has 5 rings (SSSR count). The van der Waals surface area contributed by atoms with E-state index in [9.17, 15) is 4.79 Å². The molecule has 0 aromatic heterocycles. The molecule has 1 N–H and O–H groups in total. The molecule has 0 aliphatic carbocycles. The standard InChI is InChI=1S/C25H22N4O2S/c1-2-31-19-14-12-18(13-15-19)23-26-21-11-7-6-10-20(21)22-24(30)27-25(28-29(22)23)32-16-17-8-4-3-5-9-17/h3-15,23H,2,16H2,1H3,(H,27,28,30). The SMILES string of the molecule is CCOc1ccc(C2N=c3ccccc3=C3C(=O)NC(SCc4ccccc4)=NN32)cc1. The van der Waals surface area contributed by atoms with Crippen molar-refractivity contribution in [1.29, 1.82) is 0 Å². The van der Waals surface area contributed by atoms with Crippen LogP contribution in [0.4, 0.5) is 0 Å². The summed E-state index contributed by atoms with van der Waals surface area (Å²) < 4.78 is 5.57. The Hall–Kier alpha value is -3.58. The Morgan fingerprint density at radius 3 is 2.53 bits per heavy atom. The lowest BCUT2D eigenvalue weighted by Crippen LogP contribution is -2.50. The lowest BCUT2D eigenvalue weighted by atomic mass is 10.1. The number of fused-ring (bicyclic) bond motifs is 2. The zero-order valence-corrected chi connectivity index (χ0v) is 18.4. The monoisotopic (exact) mass is 442 g/mol. The van der Waals surface area contributed by atoms with E-state index in [-0.39, 0.29) is 5.91 Å². The molecule has 1 atom stereocenters. The van der Waals surface area contributed by atoms with Gasteiger partial charge in [-0.2, -0.15) is 0 Å². The fraction of sp³-hybridized carbons (Fsp3) is 0.160. The second-order valence-corrected chi connectivity index (χ2v) is 8.31. The smallest absolute Gasteiger partial charge is 0.276 e. The highest BCUT2D eigenvalue weighted by atomic mass is 32.2. The van der Waals surface area contributed by atoms with Gasteiger partial charge in [-0.15, -0.1) is 5.10 Å². The molecule has 2 heterocycles. The number of rotatable bonds is 5. The molecule has 2 aliphatic heterocycles. The summed E-state index contributed by atoms with van der Waals surface area (Å²) in [6, 6.07) is 25.6. The van der Waals surface area contributed by atoms with E-state index in [2.05, 4.69) is 17.4 Å². The predicted molar refractivity (Wildman–Crippen MR) is 126 cm³/mol. The molecular weight excluding hydrogens is 420 g/mol. The van der Waals surface area contributed by atoms with Gasteiger partial charge in [0.25, 0.3) is 5.91 Å². The summed E-state index contributed by atoms with van der Waals surface area (Å²) in [7, 11) is 0. The van der Waals surface area contributed by atoms with Crippen LogP contribution in [0.1, 0.15) is 24.2 Å². The first-order valence-corrected chi connectivity index (χ1v) is 11.5. The first-order valence-electron chi connectivity index (χ1n) is 10.5. The Bertz CT molecular complexity index is 1290. The summed E-state index contributed by atoms with van der Waals surface area (Å²) in [5, 5.41) is 11.6. The van der Waals surface area contributed by atoms with Crippen molar-refractivity contribution in [3.8, 4) is 5.75 Å². The Morgan fingerprint density at radius 2 is 1.75 bits per heavy atom. The molecule has 0 fully saturated rings. The number of hydrogen-bond donors (Lipinski definition) is 1. The highest BCUT2D eigenvalue weighted by Crippen LogP contribution is 2.32. The minimum absolute atomic E-state index is 0.172. The number of carbonyl (C=O) groups is 1. The Kier molecular flexibility index (Phi) is 5.64. The molecule has 0 spiro atoms. The lowest BCUT2D eigenvalue weighted by molar-refractivity contribution is -0.116. The zero-order valence-electron chi connectivity index (χ0n) is 17.6. The summed E-state index contributed by atoms with van der Waals surface area (Å²) in [6.45, 7) is 2.56. The predicted octanol–water partition coefficient (Wildman–Crippen LogP) is 3.16. The topological polar surface area (TPSA) is 66.3 Å². The van der Waals surface area contributed by atoms with E-state index >= 15 is 0 Å². The third kappa shape index (κ3) is 3.99. The minimum Gasteiger partial charge on any atom is -0.494 e. The summed E-state index contributed by atoms with van der Waals surface area (Å²) in [5.74, 6) is 1.34. The highest BCUT2D eigenvalue weighted by Gasteiger charge is 2.34. The molecule has 0 bridgehead atoms. The molecule has 0 saturated carbocycles. The van der Waals surface area contributed by atoms with Gasteiger partial charge in [-0.05, 0) is 36.2 Å². The number of hydrazone groups is 1. The molecule has 7 heteroatoms. The number of hydrogen-bond acceptors (Lipinski definition) is 6. The summed E-state index contributed by atoms with van der Waals surface area (Å²) in [5.41, 5.74) is 2.62. The summed E-state index contributed by atoms with van der Waals surface area (Å²) in [4.78, 5) is 18.1. The average Bonchev–Trinajstić information content (AvgIpc) is 2.83. The molecule has 1 amide bonds. The van der Waals surface area contributed by atoms with Crippen molar-refractivity contribution in [3.63, 3.8) is 0 Å². The van der Waals surface area contributed by atoms with Crippen molar-refractivity contribution < 1.29 is 9.53 Å². The number of nitrogens with one attached hydrogen (secondary N) is 1.